The van der Waals surface area contributed by atoms with Crippen molar-refractivity contribution in [2.45, 2.75) is 63.1 Å². The van der Waals surface area contributed by atoms with E-state index in [9.17, 15) is 12.8 Å². The number of aryl methyl sites for hydroxylation is 1. The number of halogens is 1. The number of fused-ring (bicyclic) bond motifs is 1. The number of benzene rings is 2. The Morgan fingerprint density at radius 2 is 1.82 bits per heavy atom. The van der Waals surface area contributed by atoms with Gasteiger partial charge in [-0.25, -0.2) is 12.8 Å². The summed E-state index contributed by atoms with van der Waals surface area (Å²) in [5, 5.41) is 3.56. The summed E-state index contributed by atoms with van der Waals surface area (Å²) in [7, 11) is -3.71. The average Bonchev–Trinajstić information content (AvgIpc) is 2.65. The van der Waals surface area contributed by atoms with Crippen LogP contribution < -0.4 is 10.0 Å². The summed E-state index contributed by atoms with van der Waals surface area (Å²) in [6, 6.07) is 12.2. The lowest BCUT2D eigenvalue weighted by atomic mass is 9.88. The van der Waals surface area contributed by atoms with Crippen molar-refractivity contribution in [1.82, 2.24) is 5.32 Å². The maximum atomic E-state index is 14.0. The van der Waals surface area contributed by atoms with E-state index in [0.717, 1.165) is 32.2 Å². The molecular formula is C22H29FN2O2S. The Morgan fingerprint density at radius 1 is 1.11 bits per heavy atom. The standard InChI is InChI=1S/C22H29FN2O2S/c1-4-13-24-19-9-5-17-15-20(10-6-16(17)14-19)25-28(26,27)21-11-7-18(8-12-21)22(2,3)23/h6-8,10-12,15,19,24-25H,4-5,9,13-14H2,1-3H3. The van der Waals surface area contributed by atoms with Gasteiger partial charge in [-0.2, -0.15) is 0 Å². The Kier molecular flexibility index (Phi) is 6.10. The van der Waals surface area contributed by atoms with Gasteiger partial charge < -0.3 is 5.32 Å². The molecule has 6 heteroatoms. The molecule has 0 radical (unpaired) electrons. The molecule has 1 unspecified atom stereocenters. The van der Waals surface area contributed by atoms with Gasteiger partial charge in [0.25, 0.3) is 10.0 Å². The third-order valence-corrected chi connectivity index (χ3v) is 6.62. The molecule has 0 bridgehead atoms. The second-order valence-corrected chi connectivity index (χ2v) is 9.66. The van der Waals surface area contributed by atoms with Gasteiger partial charge in [-0.05, 0) is 87.0 Å². The molecule has 0 aliphatic heterocycles. The lowest BCUT2D eigenvalue weighted by molar-refractivity contribution is 0.221. The summed E-state index contributed by atoms with van der Waals surface area (Å²) in [6.07, 6.45) is 4.09. The molecule has 2 N–H and O–H groups in total. The van der Waals surface area contributed by atoms with Crippen molar-refractivity contribution in [2.24, 2.45) is 0 Å². The highest BCUT2D eigenvalue weighted by atomic mass is 32.2. The van der Waals surface area contributed by atoms with Crippen LogP contribution in [0.1, 0.15) is 50.3 Å². The zero-order valence-electron chi connectivity index (χ0n) is 16.8. The minimum atomic E-state index is -3.71. The van der Waals surface area contributed by atoms with Crippen molar-refractivity contribution >= 4 is 15.7 Å². The molecule has 0 saturated heterocycles. The van der Waals surface area contributed by atoms with E-state index in [0.29, 0.717) is 17.3 Å². The van der Waals surface area contributed by atoms with E-state index < -0.39 is 15.7 Å². The van der Waals surface area contributed by atoms with Crippen LogP contribution in [0.2, 0.25) is 0 Å². The van der Waals surface area contributed by atoms with Crippen molar-refractivity contribution in [3.8, 4) is 0 Å². The molecule has 0 fully saturated rings. The van der Waals surface area contributed by atoms with Crippen LogP contribution in [0.25, 0.3) is 0 Å². The van der Waals surface area contributed by atoms with E-state index in [1.807, 2.05) is 18.2 Å². The molecular weight excluding hydrogens is 375 g/mol. The molecule has 0 aromatic heterocycles. The Hall–Kier alpha value is -1.92. The van der Waals surface area contributed by atoms with Gasteiger partial charge in [0.1, 0.15) is 5.67 Å². The van der Waals surface area contributed by atoms with Gasteiger partial charge in [0.15, 0.2) is 0 Å². The lowest BCUT2D eigenvalue weighted by Crippen LogP contribution is -2.35. The highest BCUT2D eigenvalue weighted by molar-refractivity contribution is 7.92. The second kappa shape index (κ2) is 8.21. The summed E-state index contributed by atoms with van der Waals surface area (Å²) in [6.45, 7) is 6.08. The van der Waals surface area contributed by atoms with E-state index in [1.165, 1.54) is 49.2 Å². The van der Waals surface area contributed by atoms with Crippen LogP contribution in [-0.2, 0) is 28.5 Å². The van der Waals surface area contributed by atoms with Crippen molar-refractivity contribution in [3.63, 3.8) is 0 Å². The fourth-order valence-electron chi connectivity index (χ4n) is 3.59. The molecule has 28 heavy (non-hydrogen) atoms. The molecule has 1 atom stereocenters. The first-order chi connectivity index (χ1) is 13.2. The van der Waals surface area contributed by atoms with Gasteiger partial charge in [-0.15, -0.1) is 0 Å². The number of sulfonamides is 1. The molecule has 0 amide bonds. The van der Waals surface area contributed by atoms with Crippen LogP contribution in [0.4, 0.5) is 10.1 Å². The number of hydrogen-bond acceptors (Lipinski definition) is 3. The molecule has 0 spiro atoms. The Labute approximate surface area is 167 Å². The summed E-state index contributed by atoms with van der Waals surface area (Å²) in [5.41, 5.74) is 1.99. The van der Waals surface area contributed by atoms with E-state index in [1.54, 1.807) is 0 Å². The van der Waals surface area contributed by atoms with E-state index in [2.05, 4.69) is 17.0 Å². The van der Waals surface area contributed by atoms with E-state index in [4.69, 9.17) is 0 Å². The van der Waals surface area contributed by atoms with Gasteiger partial charge >= 0.3 is 0 Å². The largest absolute Gasteiger partial charge is 0.314 e. The van der Waals surface area contributed by atoms with Crippen LogP contribution in [0, 0.1) is 0 Å². The summed E-state index contributed by atoms with van der Waals surface area (Å²) in [4.78, 5) is 0.127. The van der Waals surface area contributed by atoms with Crippen LogP contribution >= 0.6 is 0 Å². The third-order valence-electron chi connectivity index (χ3n) is 5.22. The van der Waals surface area contributed by atoms with Gasteiger partial charge in [-0.1, -0.05) is 25.1 Å². The smallest absolute Gasteiger partial charge is 0.261 e. The zero-order valence-corrected chi connectivity index (χ0v) is 17.6. The third kappa shape index (κ3) is 4.92. The highest BCUT2D eigenvalue weighted by Crippen LogP contribution is 2.28. The first kappa shape index (κ1) is 20.8. The normalized spacial score (nSPS) is 17.2. The van der Waals surface area contributed by atoms with Gasteiger partial charge in [0, 0.05) is 11.7 Å². The first-order valence-corrected chi connectivity index (χ1v) is 11.3. The van der Waals surface area contributed by atoms with Crippen LogP contribution in [-0.4, -0.2) is 21.0 Å². The lowest BCUT2D eigenvalue weighted by Gasteiger charge is -2.26. The highest BCUT2D eigenvalue weighted by Gasteiger charge is 2.22. The predicted molar refractivity (Wildman–Crippen MR) is 112 cm³/mol. The molecule has 4 nitrogen and oxygen atoms in total. The van der Waals surface area contributed by atoms with Crippen molar-refractivity contribution in [2.75, 3.05) is 11.3 Å². The number of anilines is 1. The van der Waals surface area contributed by atoms with E-state index >= 15 is 0 Å². The number of alkyl halides is 1. The number of nitrogens with one attached hydrogen (secondary N) is 2. The quantitative estimate of drug-likeness (QED) is 0.712. The Bertz CT molecular complexity index is 919. The average molecular weight is 405 g/mol. The number of hydrogen-bond donors (Lipinski definition) is 2. The van der Waals surface area contributed by atoms with Crippen molar-refractivity contribution in [1.29, 1.82) is 0 Å². The van der Waals surface area contributed by atoms with Crippen LogP contribution in [0.5, 0.6) is 0 Å². The Morgan fingerprint density at radius 3 is 2.46 bits per heavy atom. The predicted octanol–water partition coefficient (Wildman–Crippen LogP) is 4.55. The fraction of sp³-hybridized carbons (Fsp3) is 0.455. The topological polar surface area (TPSA) is 58.2 Å². The zero-order chi connectivity index (χ0) is 20.4. The SMILES string of the molecule is CCCNC1CCc2cc(NS(=O)(=O)c3ccc(C(C)(C)F)cc3)ccc2C1. The van der Waals surface area contributed by atoms with Crippen molar-refractivity contribution < 1.29 is 12.8 Å². The van der Waals surface area contributed by atoms with Crippen LogP contribution in [0.15, 0.2) is 47.4 Å². The van der Waals surface area contributed by atoms with E-state index in [-0.39, 0.29) is 4.90 Å². The van der Waals surface area contributed by atoms with Gasteiger partial charge in [0.05, 0.1) is 4.90 Å². The molecule has 0 saturated carbocycles. The molecule has 1 aliphatic rings. The molecule has 2 aromatic rings. The first-order valence-electron chi connectivity index (χ1n) is 9.86. The molecule has 0 heterocycles. The molecule has 3 rings (SSSR count). The summed E-state index contributed by atoms with van der Waals surface area (Å²) in [5.74, 6) is 0. The molecule has 2 aromatic carbocycles. The summed E-state index contributed by atoms with van der Waals surface area (Å²) < 4.78 is 42.0. The maximum Gasteiger partial charge on any atom is 0.261 e. The minimum Gasteiger partial charge on any atom is -0.314 e. The summed E-state index contributed by atoms with van der Waals surface area (Å²) >= 11 is 0. The van der Waals surface area contributed by atoms with Gasteiger partial charge in [-0.3, -0.25) is 4.72 Å². The maximum absolute atomic E-state index is 14.0. The monoisotopic (exact) mass is 404 g/mol. The number of rotatable bonds is 7. The second-order valence-electron chi connectivity index (χ2n) is 7.98. The van der Waals surface area contributed by atoms with Crippen molar-refractivity contribution in [3.05, 3.63) is 59.2 Å². The molecule has 152 valence electrons. The Balaban J connectivity index is 1.73. The fourth-order valence-corrected chi connectivity index (χ4v) is 4.64. The molecule has 1 aliphatic carbocycles. The van der Waals surface area contributed by atoms with Crippen LogP contribution in [0.3, 0.4) is 0 Å². The minimum absolute atomic E-state index is 0.127. The van der Waals surface area contributed by atoms with Gasteiger partial charge in [0.2, 0.25) is 0 Å².